The SMILES string of the molecule is Cc1ccc(C(=O)Nc2ccc(N3CCCC3)c(N)c2)cc1. The third kappa shape index (κ3) is 3.06. The average Bonchev–Trinajstić information content (AvgIpc) is 3.02. The fourth-order valence-corrected chi connectivity index (χ4v) is 2.79. The van der Waals surface area contributed by atoms with Crippen LogP contribution in [-0.2, 0) is 0 Å². The zero-order valence-electron chi connectivity index (χ0n) is 12.8. The maximum atomic E-state index is 12.2. The van der Waals surface area contributed by atoms with Gasteiger partial charge in [-0.1, -0.05) is 17.7 Å². The first kappa shape index (κ1) is 14.4. The standard InChI is InChI=1S/C18H21N3O/c1-13-4-6-14(7-5-13)18(22)20-15-8-9-17(16(19)12-15)21-10-2-3-11-21/h4-9,12H,2-3,10-11,19H2,1H3,(H,20,22). The van der Waals surface area contributed by atoms with Crippen LogP contribution in [0, 0.1) is 6.92 Å². The molecule has 114 valence electrons. The van der Waals surface area contributed by atoms with Crippen molar-refractivity contribution in [2.45, 2.75) is 19.8 Å². The smallest absolute Gasteiger partial charge is 0.255 e. The van der Waals surface area contributed by atoms with Crippen LogP contribution in [-0.4, -0.2) is 19.0 Å². The Morgan fingerprint density at radius 3 is 2.41 bits per heavy atom. The number of aryl methyl sites for hydroxylation is 1. The summed E-state index contributed by atoms with van der Waals surface area (Å²) in [5.41, 5.74) is 10.4. The lowest BCUT2D eigenvalue weighted by molar-refractivity contribution is 0.102. The van der Waals surface area contributed by atoms with Crippen LogP contribution in [0.5, 0.6) is 0 Å². The summed E-state index contributed by atoms with van der Waals surface area (Å²) in [5, 5.41) is 2.90. The number of hydrogen-bond donors (Lipinski definition) is 2. The van der Waals surface area contributed by atoms with Gasteiger partial charge >= 0.3 is 0 Å². The first-order chi connectivity index (χ1) is 10.6. The highest BCUT2D eigenvalue weighted by Gasteiger charge is 2.15. The third-order valence-electron chi connectivity index (χ3n) is 4.05. The molecule has 0 radical (unpaired) electrons. The fraction of sp³-hybridized carbons (Fsp3) is 0.278. The number of nitrogens with one attached hydrogen (secondary N) is 1. The van der Waals surface area contributed by atoms with E-state index in [1.165, 1.54) is 12.8 Å². The number of nitrogens with two attached hydrogens (primary N) is 1. The van der Waals surface area contributed by atoms with E-state index in [1.54, 1.807) is 0 Å². The summed E-state index contributed by atoms with van der Waals surface area (Å²) in [6.45, 7) is 4.11. The van der Waals surface area contributed by atoms with Gasteiger partial charge in [0.15, 0.2) is 0 Å². The van der Waals surface area contributed by atoms with E-state index in [2.05, 4.69) is 10.2 Å². The van der Waals surface area contributed by atoms with E-state index in [9.17, 15) is 4.79 Å². The van der Waals surface area contributed by atoms with Gasteiger partial charge in [0.1, 0.15) is 0 Å². The van der Waals surface area contributed by atoms with E-state index < -0.39 is 0 Å². The van der Waals surface area contributed by atoms with Crippen LogP contribution < -0.4 is 16.0 Å². The average molecular weight is 295 g/mol. The molecule has 1 fully saturated rings. The lowest BCUT2D eigenvalue weighted by atomic mass is 10.1. The monoisotopic (exact) mass is 295 g/mol. The van der Waals surface area contributed by atoms with Crippen LogP contribution in [0.3, 0.4) is 0 Å². The van der Waals surface area contributed by atoms with Gasteiger partial charge in [-0.15, -0.1) is 0 Å². The van der Waals surface area contributed by atoms with Crippen molar-refractivity contribution in [3.05, 3.63) is 53.6 Å². The van der Waals surface area contributed by atoms with Gasteiger partial charge in [0.25, 0.3) is 5.91 Å². The number of nitrogen functional groups attached to an aromatic ring is 1. The first-order valence-corrected chi connectivity index (χ1v) is 7.66. The molecule has 0 atom stereocenters. The molecule has 1 heterocycles. The molecule has 0 bridgehead atoms. The largest absolute Gasteiger partial charge is 0.397 e. The molecule has 3 N–H and O–H groups in total. The van der Waals surface area contributed by atoms with Gasteiger partial charge in [0.2, 0.25) is 0 Å². The Kier molecular flexibility index (Phi) is 4.00. The fourth-order valence-electron chi connectivity index (χ4n) is 2.79. The highest BCUT2D eigenvalue weighted by atomic mass is 16.1. The molecule has 0 aliphatic carbocycles. The molecule has 1 aliphatic heterocycles. The van der Waals surface area contributed by atoms with Gasteiger partial charge in [0, 0.05) is 24.3 Å². The lowest BCUT2D eigenvalue weighted by Gasteiger charge is -2.20. The minimum atomic E-state index is -0.117. The Hall–Kier alpha value is -2.49. The second-order valence-corrected chi connectivity index (χ2v) is 5.79. The lowest BCUT2D eigenvalue weighted by Crippen LogP contribution is -2.19. The number of benzene rings is 2. The molecule has 22 heavy (non-hydrogen) atoms. The highest BCUT2D eigenvalue weighted by molar-refractivity contribution is 6.04. The molecule has 0 unspecified atom stereocenters. The van der Waals surface area contributed by atoms with Crippen molar-refractivity contribution in [2.24, 2.45) is 0 Å². The summed E-state index contributed by atoms with van der Waals surface area (Å²) in [5.74, 6) is -0.117. The number of carbonyl (C=O) groups excluding carboxylic acids is 1. The Bertz CT molecular complexity index is 673. The van der Waals surface area contributed by atoms with Crippen LogP contribution in [0.1, 0.15) is 28.8 Å². The van der Waals surface area contributed by atoms with Crippen molar-refractivity contribution in [2.75, 3.05) is 29.0 Å². The molecule has 0 aromatic heterocycles. The van der Waals surface area contributed by atoms with E-state index in [0.29, 0.717) is 11.3 Å². The molecule has 0 spiro atoms. The maximum Gasteiger partial charge on any atom is 0.255 e. The summed E-state index contributed by atoms with van der Waals surface area (Å²) in [6.07, 6.45) is 2.43. The van der Waals surface area contributed by atoms with Crippen molar-refractivity contribution in [3.8, 4) is 0 Å². The molecule has 3 rings (SSSR count). The van der Waals surface area contributed by atoms with Gasteiger partial charge < -0.3 is 16.0 Å². The maximum absolute atomic E-state index is 12.2. The number of rotatable bonds is 3. The van der Waals surface area contributed by atoms with Crippen LogP contribution in [0.4, 0.5) is 17.1 Å². The van der Waals surface area contributed by atoms with Crippen LogP contribution in [0.25, 0.3) is 0 Å². The summed E-state index contributed by atoms with van der Waals surface area (Å²) < 4.78 is 0. The zero-order valence-corrected chi connectivity index (χ0v) is 12.8. The molecular formula is C18H21N3O. The van der Waals surface area contributed by atoms with E-state index in [4.69, 9.17) is 5.73 Å². The third-order valence-corrected chi connectivity index (χ3v) is 4.05. The Labute approximate surface area is 130 Å². The Morgan fingerprint density at radius 1 is 1.09 bits per heavy atom. The molecule has 0 saturated carbocycles. The van der Waals surface area contributed by atoms with Crippen molar-refractivity contribution in [1.29, 1.82) is 0 Å². The summed E-state index contributed by atoms with van der Waals surface area (Å²) in [6, 6.07) is 13.2. The predicted octanol–water partition coefficient (Wildman–Crippen LogP) is 3.43. The predicted molar refractivity (Wildman–Crippen MR) is 91.4 cm³/mol. The van der Waals surface area contributed by atoms with Crippen LogP contribution in [0.2, 0.25) is 0 Å². The van der Waals surface area contributed by atoms with E-state index in [0.717, 1.165) is 30.0 Å². The Morgan fingerprint density at radius 2 is 1.77 bits per heavy atom. The minimum absolute atomic E-state index is 0.117. The van der Waals surface area contributed by atoms with Crippen molar-refractivity contribution in [1.82, 2.24) is 0 Å². The van der Waals surface area contributed by atoms with Crippen LogP contribution in [0.15, 0.2) is 42.5 Å². The van der Waals surface area contributed by atoms with Crippen molar-refractivity contribution in [3.63, 3.8) is 0 Å². The molecule has 4 nitrogen and oxygen atoms in total. The topological polar surface area (TPSA) is 58.4 Å². The molecule has 2 aromatic rings. The highest BCUT2D eigenvalue weighted by Crippen LogP contribution is 2.29. The molecule has 2 aromatic carbocycles. The van der Waals surface area contributed by atoms with Crippen molar-refractivity contribution < 1.29 is 4.79 Å². The second kappa shape index (κ2) is 6.10. The second-order valence-electron chi connectivity index (χ2n) is 5.79. The van der Waals surface area contributed by atoms with Crippen molar-refractivity contribution >= 4 is 23.0 Å². The summed E-state index contributed by atoms with van der Waals surface area (Å²) in [4.78, 5) is 14.5. The van der Waals surface area contributed by atoms with Crippen LogP contribution >= 0.6 is 0 Å². The number of carbonyl (C=O) groups is 1. The molecule has 1 amide bonds. The molecule has 4 heteroatoms. The molecular weight excluding hydrogens is 274 g/mol. The molecule has 1 aliphatic rings. The number of hydrogen-bond acceptors (Lipinski definition) is 3. The quantitative estimate of drug-likeness (QED) is 0.853. The number of anilines is 3. The van der Waals surface area contributed by atoms with E-state index >= 15 is 0 Å². The first-order valence-electron chi connectivity index (χ1n) is 7.66. The van der Waals surface area contributed by atoms with Gasteiger partial charge in [-0.05, 0) is 50.1 Å². The van der Waals surface area contributed by atoms with Gasteiger partial charge in [0.05, 0.1) is 11.4 Å². The minimum Gasteiger partial charge on any atom is -0.397 e. The van der Waals surface area contributed by atoms with Gasteiger partial charge in [-0.3, -0.25) is 4.79 Å². The van der Waals surface area contributed by atoms with Gasteiger partial charge in [-0.2, -0.15) is 0 Å². The zero-order chi connectivity index (χ0) is 15.5. The van der Waals surface area contributed by atoms with Gasteiger partial charge in [-0.25, -0.2) is 0 Å². The molecule has 1 saturated heterocycles. The Balaban J connectivity index is 1.73. The summed E-state index contributed by atoms with van der Waals surface area (Å²) in [7, 11) is 0. The van der Waals surface area contributed by atoms with E-state index in [-0.39, 0.29) is 5.91 Å². The number of nitrogens with zero attached hydrogens (tertiary/aromatic N) is 1. The normalized spacial score (nSPS) is 14.1. The summed E-state index contributed by atoms with van der Waals surface area (Å²) >= 11 is 0. The van der Waals surface area contributed by atoms with E-state index in [1.807, 2.05) is 49.4 Å². The number of amides is 1.